The first kappa shape index (κ1) is 21.2. The zero-order valence-electron chi connectivity index (χ0n) is 19.2. The molecule has 0 radical (unpaired) electrons. The Morgan fingerprint density at radius 1 is 1.12 bits per heavy atom. The summed E-state index contributed by atoms with van der Waals surface area (Å²) in [5.74, 6) is 0.952. The molecule has 0 unspecified atom stereocenters. The zero-order chi connectivity index (χ0) is 22.8. The highest BCUT2D eigenvalue weighted by Gasteiger charge is 2.27. The number of aromatic nitrogens is 3. The van der Waals surface area contributed by atoms with E-state index in [2.05, 4.69) is 48.3 Å². The maximum atomic E-state index is 12.9. The van der Waals surface area contributed by atoms with E-state index in [1.807, 2.05) is 41.0 Å². The van der Waals surface area contributed by atoms with E-state index in [1.54, 1.807) is 6.20 Å². The number of fused-ring (bicyclic) bond motifs is 1. The standard InChI is InChI=1S/C27H29N5O/c1-19-10-11-23(20(2)15-19)24-16-25-26(28-12-14-32(25)30-24)31-13-6-9-22(18-31)27(33)29-17-21-7-4-3-5-8-21/h3-5,7-8,10-12,14-16,22H,6,9,13,17-18H2,1-2H3,(H,29,33)/t22-/m1/s1. The van der Waals surface area contributed by atoms with Gasteiger partial charge >= 0.3 is 0 Å². The van der Waals surface area contributed by atoms with Gasteiger partial charge < -0.3 is 10.2 Å². The van der Waals surface area contributed by atoms with Crippen LogP contribution < -0.4 is 10.2 Å². The number of hydrogen-bond acceptors (Lipinski definition) is 4. The van der Waals surface area contributed by atoms with Crippen molar-refractivity contribution >= 4 is 17.2 Å². The summed E-state index contributed by atoms with van der Waals surface area (Å²) in [4.78, 5) is 19.8. The molecule has 1 saturated heterocycles. The molecule has 168 valence electrons. The Kier molecular flexibility index (Phi) is 5.82. The second-order valence-corrected chi connectivity index (χ2v) is 8.92. The molecule has 3 heterocycles. The Labute approximate surface area is 194 Å². The molecule has 1 fully saturated rings. The fourth-order valence-corrected chi connectivity index (χ4v) is 4.70. The van der Waals surface area contributed by atoms with E-state index in [9.17, 15) is 4.79 Å². The summed E-state index contributed by atoms with van der Waals surface area (Å²) in [6, 6.07) is 18.6. The number of benzene rings is 2. The van der Waals surface area contributed by atoms with E-state index in [0.29, 0.717) is 13.1 Å². The summed E-state index contributed by atoms with van der Waals surface area (Å²) in [7, 11) is 0. The first-order chi connectivity index (χ1) is 16.1. The molecule has 4 aromatic rings. The third-order valence-corrected chi connectivity index (χ3v) is 6.43. The lowest BCUT2D eigenvalue weighted by Crippen LogP contribution is -2.43. The van der Waals surface area contributed by atoms with Gasteiger partial charge in [0.2, 0.25) is 5.91 Å². The maximum absolute atomic E-state index is 12.9. The van der Waals surface area contributed by atoms with Crippen molar-refractivity contribution < 1.29 is 4.79 Å². The fraction of sp³-hybridized carbons (Fsp3) is 0.296. The molecule has 1 amide bonds. The van der Waals surface area contributed by atoms with Crippen LogP contribution in [0.15, 0.2) is 67.0 Å². The van der Waals surface area contributed by atoms with Crippen LogP contribution in [0, 0.1) is 19.8 Å². The number of rotatable bonds is 5. The van der Waals surface area contributed by atoms with Crippen molar-refractivity contribution in [1.29, 1.82) is 0 Å². The number of hydrogen-bond donors (Lipinski definition) is 1. The van der Waals surface area contributed by atoms with Crippen molar-refractivity contribution in [2.24, 2.45) is 5.92 Å². The molecule has 0 aliphatic carbocycles. The molecule has 1 N–H and O–H groups in total. The fourth-order valence-electron chi connectivity index (χ4n) is 4.70. The van der Waals surface area contributed by atoms with Crippen molar-refractivity contribution in [1.82, 2.24) is 19.9 Å². The summed E-state index contributed by atoms with van der Waals surface area (Å²) in [6.45, 7) is 6.34. The smallest absolute Gasteiger partial charge is 0.225 e. The van der Waals surface area contributed by atoms with Gasteiger partial charge in [0.1, 0.15) is 5.52 Å². The summed E-state index contributed by atoms with van der Waals surface area (Å²) in [6.07, 6.45) is 5.54. The van der Waals surface area contributed by atoms with E-state index in [4.69, 9.17) is 10.1 Å². The van der Waals surface area contributed by atoms with E-state index in [0.717, 1.165) is 47.5 Å². The molecule has 5 rings (SSSR count). The van der Waals surface area contributed by atoms with Gasteiger partial charge in [-0.1, -0.05) is 54.1 Å². The minimum atomic E-state index is -0.0498. The Morgan fingerprint density at radius 3 is 2.79 bits per heavy atom. The van der Waals surface area contributed by atoms with Gasteiger partial charge in [-0.25, -0.2) is 9.50 Å². The van der Waals surface area contributed by atoms with Crippen LogP contribution >= 0.6 is 0 Å². The van der Waals surface area contributed by atoms with Crippen LogP contribution in [0.25, 0.3) is 16.8 Å². The van der Waals surface area contributed by atoms with Crippen LogP contribution in [0.4, 0.5) is 5.82 Å². The number of nitrogens with one attached hydrogen (secondary N) is 1. The SMILES string of the molecule is Cc1ccc(-c2cc3c(N4CCC[C@@H](C(=O)NCc5ccccc5)C4)nccn3n2)c(C)c1. The number of aryl methyl sites for hydroxylation is 2. The molecule has 1 aliphatic rings. The van der Waals surface area contributed by atoms with E-state index in [-0.39, 0.29) is 11.8 Å². The summed E-state index contributed by atoms with van der Waals surface area (Å²) in [5.41, 5.74) is 6.61. The monoisotopic (exact) mass is 439 g/mol. The Bertz CT molecular complexity index is 1280. The van der Waals surface area contributed by atoms with Crippen LogP contribution in [-0.2, 0) is 11.3 Å². The van der Waals surface area contributed by atoms with Gasteiger partial charge in [-0.3, -0.25) is 4.79 Å². The average Bonchev–Trinajstić information content (AvgIpc) is 3.27. The van der Waals surface area contributed by atoms with Crippen molar-refractivity contribution in [3.8, 4) is 11.3 Å². The third kappa shape index (κ3) is 4.46. The van der Waals surface area contributed by atoms with Crippen LogP contribution in [-0.4, -0.2) is 33.6 Å². The van der Waals surface area contributed by atoms with Crippen molar-refractivity contribution in [3.63, 3.8) is 0 Å². The zero-order valence-corrected chi connectivity index (χ0v) is 19.2. The highest BCUT2D eigenvalue weighted by molar-refractivity contribution is 5.81. The number of carbonyl (C=O) groups excluding carboxylic acids is 1. The van der Waals surface area contributed by atoms with Crippen LogP contribution in [0.5, 0.6) is 0 Å². The predicted octanol–water partition coefficient (Wildman–Crippen LogP) is 4.55. The topological polar surface area (TPSA) is 62.5 Å². The molecule has 2 aromatic heterocycles. The first-order valence-corrected chi connectivity index (χ1v) is 11.6. The molecule has 33 heavy (non-hydrogen) atoms. The van der Waals surface area contributed by atoms with E-state index >= 15 is 0 Å². The average molecular weight is 440 g/mol. The molecule has 6 heteroatoms. The number of carbonyl (C=O) groups is 1. The van der Waals surface area contributed by atoms with Gasteiger partial charge in [0.25, 0.3) is 0 Å². The van der Waals surface area contributed by atoms with Crippen molar-refractivity contribution in [3.05, 3.63) is 83.7 Å². The second kappa shape index (κ2) is 9.06. The highest BCUT2D eigenvalue weighted by Crippen LogP contribution is 2.30. The Morgan fingerprint density at radius 2 is 1.97 bits per heavy atom. The van der Waals surface area contributed by atoms with Gasteiger partial charge in [-0.05, 0) is 43.9 Å². The van der Waals surface area contributed by atoms with Gasteiger partial charge in [-0.15, -0.1) is 0 Å². The molecular formula is C27H29N5O. The number of anilines is 1. The second-order valence-electron chi connectivity index (χ2n) is 8.92. The third-order valence-electron chi connectivity index (χ3n) is 6.43. The van der Waals surface area contributed by atoms with Crippen molar-refractivity contribution in [2.45, 2.75) is 33.2 Å². The molecule has 0 saturated carbocycles. The summed E-state index contributed by atoms with van der Waals surface area (Å²) in [5, 5.41) is 7.93. The molecule has 2 aromatic carbocycles. The van der Waals surface area contributed by atoms with Crippen molar-refractivity contribution in [2.75, 3.05) is 18.0 Å². The largest absolute Gasteiger partial charge is 0.354 e. The van der Waals surface area contributed by atoms with Gasteiger partial charge in [-0.2, -0.15) is 5.10 Å². The number of piperidine rings is 1. The molecule has 6 nitrogen and oxygen atoms in total. The maximum Gasteiger partial charge on any atom is 0.225 e. The van der Waals surface area contributed by atoms with Crippen LogP contribution in [0.1, 0.15) is 29.5 Å². The van der Waals surface area contributed by atoms with E-state index in [1.165, 1.54) is 11.1 Å². The predicted molar refractivity (Wildman–Crippen MR) is 131 cm³/mol. The molecular weight excluding hydrogens is 410 g/mol. The summed E-state index contributed by atoms with van der Waals surface area (Å²) < 4.78 is 1.90. The number of amides is 1. The minimum Gasteiger partial charge on any atom is -0.354 e. The lowest BCUT2D eigenvalue weighted by Gasteiger charge is -2.33. The quantitative estimate of drug-likeness (QED) is 0.496. The van der Waals surface area contributed by atoms with Gasteiger partial charge in [0.15, 0.2) is 5.82 Å². The molecule has 1 atom stereocenters. The van der Waals surface area contributed by atoms with Crippen LogP contribution in [0.2, 0.25) is 0 Å². The summed E-state index contributed by atoms with van der Waals surface area (Å²) >= 11 is 0. The molecule has 0 spiro atoms. The lowest BCUT2D eigenvalue weighted by molar-refractivity contribution is -0.125. The Balaban J connectivity index is 1.36. The van der Waals surface area contributed by atoms with Crippen LogP contribution in [0.3, 0.4) is 0 Å². The molecule has 1 aliphatic heterocycles. The Hall–Kier alpha value is -3.67. The lowest BCUT2D eigenvalue weighted by atomic mass is 9.97. The highest BCUT2D eigenvalue weighted by atomic mass is 16.1. The van der Waals surface area contributed by atoms with Gasteiger partial charge in [0.05, 0.1) is 11.6 Å². The molecule has 0 bridgehead atoms. The first-order valence-electron chi connectivity index (χ1n) is 11.6. The number of nitrogens with zero attached hydrogens (tertiary/aromatic N) is 4. The van der Waals surface area contributed by atoms with Gasteiger partial charge in [0, 0.05) is 37.6 Å². The minimum absolute atomic E-state index is 0.0498. The van der Waals surface area contributed by atoms with E-state index < -0.39 is 0 Å². The normalized spacial score (nSPS) is 16.2.